The third-order valence-corrected chi connectivity index (χ3v) is 4.34. The van der Waals surface area contributed by atoms with E-state index in [1.165, 1.54) is 29.5 Å². The first kappa shape index (κ1) is 17.9. The minimum atomic E-state index is -1.05. The van der Waals surface area contributed by atoms with E-state index in [4.69, 9.17) is 14.6 Å². The van der Waals surface area contributed by atoms with Crippen LogP contribution in [0.25, 0.3) is 5.95 Å². The third kappa shape index (κ3) is 4.09. The number of hydrogen-bond donors (Lipinski definition) is 1. The molecule has 1 saturated heterocycles. The summed E-state index contributed by atoms with van der Waals surface area (Å²) in [5.74, 6) is -0.259. The molecule has 0 spiro atoms. The lowest BCUT2D eigenvalue weighted by Gasteiger charge is -2.29. The fourth-order valence-electron chi connectivity index (χ4n) is 2.88. The molecule has 1 fully saturated rings. The molecule has 2 aromatic heterocycles. The second kappa shape index (κ2) is 8.05. The average Bonchev–Trinajstić information content (AvgIpc) is 3.24. The van der Waals surface area contributed by atoms with E-state index >= 15 is 0 Å². The summed E-state index contributed by atoms with van der Waals surface area (Å²) in [5, 5.41) is 12.9. The van der Waals surface area contributed by atoms with Gasteiger partial charge in [-0.1, -0.05) is 12.1 Å². The number of nitrogens with zero attached hydrogens (tertiary/aromatic N) is 5. The standard InChI is InChI=1S/C19H19N5O4/c25-18(26)15-9-22-24(12-15)19-20-10-17(11-21-19)28-13-14-2-1-3-16(8-14)23-4-6-27-7-5-23/h1-3,8-12H,4-7,13H2,(H,25,26). The van der Waals surface area contributed by atoms with Crippen LogP contribution >= 0.6 is 0 Å². The van der Waals surface area contributed by atoms with Gasteiger partial charge in [-0.3, -0.25) is 0 Å². The van der Waals surface area contributed by atoms with Gasteiger partial charge < -0.3 is 19.5 Å². The summed E-state index contributed by atoms with van der Waals surface area (Å²) in [5.41, 5.74) is 2.28. The van der Waals surface area contributed by atoms with Crippen LogP contribution in [-0.4, -0.2) is 57.1 Å². The van der Waals surface area contributed by atoms with E-state index in [0.29, 0.717) is 12.4 Å². The molecule has 0 radical (unpaired) electrons. The largest absolute Gasteiger partial charge is 0.486 e. The van der Waals surface area contributed by atoms with Crippen molar-refractivity contribution in [1.29, 1.82) is 0 Å². The van der Waals surface area contributed by atoms with Crippen molar-refractivity contribution in [2.75, 3.05) is 31.2 Å². The maximum atomic E-state index is 10.9. The Morgan fingerprint density at radius 2 is 1.96 bits per heavy atom. The maximum Gasteiger partial charge on any atom is 0.338 e. The van der Waals surface area contributed by atoms with Crippen LogP contribution < -0.4 is 9.64 Å². The van der Waals surface area contributed by atoms with Gasteiger partial charge in [0.05, 0.1) is 37.4 Å². The van der Waals surface area contributed by atoms with Gasteiger partial charge in [-0.05, 0) is 17.7 Å². The van der Waals surface area contributed by atoms with Gasteiger partial charge in [-0.25, -0.2) is 19.4 Å². The van der Waals surface area contributed by atoms with Crippen molar-refractivity contribution in [3.05, 3.63) is 60.2 Å². The number of carboxylic acids is 1. The van der Waals surface area contributed by atoms with E-state index in [2.05, 4.69) is 32.1 Å². The van der Waals surface area contributed by atoms with Gasteiger partial charge in [0, 0.05) is 25.0 Å². The minimum absolute atomic E-state index is 0.0732. The van der Waals surface area contributed by atoms with Gasteiger partial charge in [-0.2, -0.15) is 5.10 Å². The molecule has 0 unspecified atom stereocenters. The van der Waals surface area contributed by atoms with Crippen LogP contribution in [0.15, 0.2) is 49.1 Å². The monoisotopic (exact) mass is 381 g/mol. The van der Waals surface area contributed by atoms with Crippen molar-refractivity contribution in [1.82, 2.24) is 19.7 Å². The Balaban J connectivity index is 1.39. The summed E-state index contributed by atoms with van der Waals surface area (Å²) in [6.45, 7) is 3.66. The summed E-state index contributed by atoms with van der Waals surface area (Å²) in [6, 6.07) is 8.22. The number of carbonyl (C=O) groups is 1. The van der Waals surface area contributed by atoms with Crippen LogP contribution in [-0.2, 0) is 11.3 Å². The maximum absolute atomic E-state index is 10.9. The van der Waals surface area contributed by atoms with Gasteiger partial charge in [0.25, 0.3) is 5.95 Å². The summed E-state index contributed by atoms with van der Waals surface area (Å²) in [7, 11) is 0. The number of hydrogen-bond acceptors (Lipinski definition) is 7. The molecule has 1 N–H and O–H groups in total. The van der Waals surface area contributed by atoms with Gasteiger partial charge in [0.15, 0.2) is 5.75 Å². The first-order valence-corrected chi connectivity index (χ1v) is 8.84. The zero-order chi connectivity index (χ0) is 19.3. The van der Waals surface area contributed by atoms with E-state index < -0.39 is 5.97 Å². The number of benzene rings is 1. The number of aromatic carboxylic acids is 1. The average molecular weight is 381 g/mol. The Kier molecular flexibility index (Phi) is 5.16. The molecule has 1 aliphatic heterocycles. The highest BCUT2D eigenvalue weighted by atomic mass is 16.5. The highest BCUT2D eigenvalue weighted by Gasteiger charge is 2.12. The number of anilines is 1. The van der Waals surface area contributed by atoms with Crippen molar-refractivity contribution < 1.29 is 19.4 Å². The Hall–Kier alpha value is -3.46. The fourth-order valence-corrected chi connectivity index (χ4v) is 2.88. The van der Waals surface area contributed by atoms with Crippen molar-refractivity contribution in [2.45, 2.75) is 6.61 Å². The minimum Gasteiger partial charge on any atom is -0.486 e. The molecule has 3 heterocycles. The lowest BCUT2D eigenvalue weighted by atomic mass is 10.2. The van der Waals surface area contributed by atoms with Crippen LogP contribution in [0.4, 0.5) is 5.69 Å². The number of aromatic nitrogens is 4. The molecule has 0 bridgehead atoms. The highest BCUT2D eigenvalue weighted by Crippen LogP contribution is 2.19. The smallest absolute Gasteiger partial charge is 0.338 e. The molecule has 9 heteroatoms. The Bertz CT molecular complexity index is 951. The molecule has 4 rings (SSSR count). The Labute approximate surface area is 161 Å². The molecule has 28 heavy (non-hydrogen) atoms. The predicted molar refractivity (Wildman–Crippen MR) is 99.9 cm³/mol. The van der Waals surface area contributed by atoms with Crippen LogP contribution in [0.1, 0.15) is 15.9 Å². The summed E-state index contributed by atoms with van der Waals surface area (Å²) in [6.07, 6.45) is 5.68. The molecule has 1 aromatic carbocycles. The summed E-state index contributed by atoms with van der Waals surface area (Å²) in [4.78, 5) is 21.6. The lowest BCUT2D eigenvalue weighted by Crippen LogP contribution is -2.36. The van der Waals surface area contributed by atoms with E-state index in [-0.39, 0.29) is 11.5 Å². The Morgan fingerprint density at radius 3 is 2.68 bits per heavy atom. The van der Waals surface area contributed by atoms with Crippen LogP contribution in [0.2, 0.25) is 0 Å². The zero-order valence-corrected chi connectivity index (χ0v) is 15.1. The van der Waals surface area contributed by atoms with Gasteiger partial charge in [-0.15, -0.1) is 0 Å². The van der Waals surface area contributed by atoms with Gasteiger partial charge >= 0.3 is 5.97 Å². The molecule has 0 atom stereocenters. The quantitative estimate of drug-likeness (QED) is 0.689. The number of rotatable bonds is 6. The number of carboxylic acid groups (broad SMARTS) is 1. The van der Waals surface area contributed by atoms with Crippen LogP contribution in [0.5, 0.6) is 5.75 Å². The second-order valence-corrected chi connectivity index (χ2v) is 6.26. The normalized spacial score (nSPS) is 14.1. The molecular formula is C19H19N5O4. The second-order valence-electron chi connectivity index (χ2n) is 6.26. The van der Waals surface area contributed by atoms with Crippen molar-refractivity contribution in [3.63, 3.8) is 0 Å². The summed E-state index contributed by atoms with van der Waals surface area (Å²) < 4.78 is 12.5. The molecule has 1 aliphatic rings. The molecule has 9 nitrogen and oxygen atoms in total. The first-order chi connectivity index (χ1) is 13.7. The molecule has 144 valence electrons. The van der Waals surface area contributed by atoms with Crippen molar-refractivity contribution >= 4 is 11.7 Å². The van der Waals surface area contributed by atoms with Crippen LogP contribution in [0, 0.1) is 0 Å². The fraction of sp³-hybridized carbons (Fsp3) is 0.263. The van der Waals surface area contributed by atoms with Crippen molar-refractivity contribution in [2.24, 2.45) is 0 Å². The molecular weight excluding hydrogens is 362 g/mol. The Morgan fingerprint density at radius 1 is 1.18 bits per heavy atom. The number of morpholine rings is 1. The lowest BCUT2D eigenvalue weighted by molar-refractivity contribution is 0.0697. The topological polar surface area (TPSA) is 103 Å². The van der Waals surface area contributed by atoms with E-state index in [1.54, 1.807) is 0 Å². The van der Waals surface area contributed by atoms with E-state index in [1.807, 2.05) is 12.1 Å². The van der Waals surface area contributed by atoms with Gasteiger partial charge in [0.2, 0.25) is 0 Å². The van der Waals surface area contributed by atoms with E-state index in [9.17, 15) is 4.79 Å². The molecule has 0 aliphatic carbocycles. The predicted octanol–water partition coefficient (Wildman–Crippen LogP) is 1.78. The van der Waals surface area contributed by atoms with Crippen LogP contribution in [0.3, 0.4) is 0 Å². The van der Waals surface area contributed by atoms with Gasteiger partial charge in [0.1, 0.15) is 6.61 Å². The molecule has 0 saturated carbocycles. The SMILES string of the molecule is O=C(O)c1cnn(-c2ncc(OCc3cccc(N4CCOCC4)c3)cn2)c1. The highest BCUT2D eigenvalue weighted by molar-refractivity contribution is 5.86. The molecule has 3 aromatic rings. The zero-order valence-electron chi connectivity index (χ0n) is 15.1. The molecule has 0 amide bonds. The van der Waals surface area contributed by atoms with E-state index in [0.717, 1.165) is 37.6 Å². The summed E-state index contributed by atoms with van der Waals surface area (Å²) >= 11 is 0. The number of ether oxygens (including phenoxy) is 2. The first-order valence-electron chi connectivity index (χ1n) is 8.84. The van der Waals surface area contributed by atoms with Crippen molar-refractivity contribution in [3.8, 4) is 11.7 Å². The third-order valence-electron chi connectivity index (χ3n) is 4.34.